The van der Waals surface area contributed by atoms with Crippen molar-refractivity contribution in [2.24, 2.45) is 0 Å². The molecule has 32 heavy (non-hydrogen) atoms. The van der Waals surface area contributed by atoms with Gasteiger partial charge in [0.2, 0.25) is 5.91 Å². The predicted molar refractivity (Wildman–Crippen MR) is 125 cm³/mol. The van der Waals surface area contributed by atoms with Crippen LogP contribution >= 0.6 is 11.3 Å². The van der Waals surface area contributed by atoms with Crippen molar-refractivity contribution < 1.29 is 14.0 Å². The van der Waals surface area contributed by atoms with Crippen LogP contribution in [0.1, 0.15) is 10.4 Å². The number of anilines is 2. The second-order valence-electron chi connectivity index (χ2n) is 6.98. The Morgan fingerprint density at radius 2 is 1.62 bits per heavy atom. The second-order valence-corrected chi connectivity index (χ2v) is 7.84. The first-order valence-corrected chi connectivity index (χ1v) is 10.6. The molecule has 0 fully saturated rings. The van der Waals surface area contributed by atoms with Gasteiger partial charge in [-0.15, -0.1) is 11.3 Å². The molecule has 0 bridgehead atoms. The number of nitrogen functional groups attached to an aromatic ring is 1. The van der Waals surface area contributed by atoms with Crippen LogP contribution in [-0.4, -0.2) is 23.3 Å². The third kappa shape index (κ3) is 5.16. The van der Waals surface area contributed by atoms with E-state index in [4.69, 9.17) is 5.73 Å². The van der Waals surface area contributed by atoms with Crippen LogP contribution in [0.4, 0.5) is 15.2 Å². The van der Waals surface area contributed by atoms with E-state index in [9.17, 15) is 14.0 Å². The first-order chi connectivity index (χ1) is 15.5. The highest BCUT2D eigenvalue weighted by Crippen LogP contribution is 2.29. The van der Waals surface area contributed by atoms with Gasteiger partial charge in [0.15, 0.2) is 5.13 Å². The van der Waals surface area contributed by atoms with Gasteiger partial charge in [0.05, 0.1) is 12.2 Å². The fourth-order valence-corrected chi connectivity index (χ4v) is 3.79. The Hall–Kier alpha value is -4.04. The fraction of sp³-hybridized carbons (Fsp3) is 0.0417. The predicted octanol–water partition coefficient (Wildman–Crippen LogP) is 4.57. The largest absolute Gasteiger partial charge is 0.399 e. The minimum absolute atomic E-state index is 0.187. The lowest BCUT2D eigenvalue weighted by Crippen LogP contribution is -2.32. The molecule has 8 heteroatoms. The van der Waals surface area contributed by atoms with Crippen LogP contribution in [0, 0.1) is 5.82 Å². The van der Waals surface area contributed by atoms with Crippen molar-refractivity contribution in [1.82, 2.24) is 10.3 Å². The van der Waals surface area contributed by atoms with Crippen LogP contribution in [-0.2, 0) is 4.79 Å². The Kier molecular flexibility index (Phi) is 6.23. The van der Waals surface area contributed by atoms with Gasteiger partial charge in [0.1, 0.15) is 5.82 Å². The third-order valence-electron chi connectivity index (χ3n) is 4.65. The van der Waals surface area contributed by atoms with Crippen LogP contribution in [0.15, 0.2) is 78.2 Å². The van der Waals surface area contributed by atoms with E-state index in [1.54, 1.807) is 30.3 Å². The number of amides is 2. The van der Waals surface area contributed by atoms with Crippen LogP contribution in [0.3, 0.4) is 0 Å². The molecule has 160 valence electrons. The Bertz CT molecular complexity index is 1270. The average Bonchev–Trinajstić information content (AvgIpc) is 3.26. The molecule has 0 saturated carbocycles. The Balaban J connectivity index is 1.38. The van der Waals surface area contributed by atoms with Gasteiger partial charge in [-0.2, -0.15) is 0 Å². The normalized spacial score (nSPS) is 10.5. The standard InChI is InChI=1S/C24H19FN4O2S/c25-19-6-2-4-17(12-19)16-3-1-5-18(11-16)21-14-32-24(28-21)29-22(30)13-27-23(31)15-7-9-20(26)10-8-15/h1-12,14H,13,26H2,(H,27,31)(H,28,29,30). The lowest BCUT2D eigenvalue weighted by atomic mass is 10.0. The molecule has 1 aromatic heterocycles. The van der Waals surface area contributed by atoms with E-state index in [1.165, 1.54) is 23.5 Å². The fourth-order valence-electron chi connectivity index (χ4n) is 3.05. The quantitative estimate of drug-likeness (QED) is 0.378. The minimum Gasteiger partial charge on any atom is -0.399 e. The Morgan fingerprint density at radius 1 is 0.938 bits per heavy atom. The van der Waals surface area contributed by atoms with Crippen molar-refractivity contribution in [3.05, 3.63) is 89.6 Å². The molecule has 0 aliphatic heterocycles. The van der Waals surface area contributed by atoms with E-state index < -0.39 is 0 Å². The number of nitrogens with zero attached hydrogens (tertiary/aromatic N) is 1. The third-order valence-corrected chi connectivity index (χ3v) is 5.41. The molecular weight excluding hydrogens is 427 g/mol. The zero-order valence-electron chi connectivity index (χ0n) is 16.8. The Morgan fingerprint density at radius 3 is 2.38 bits per heavy atom. The van der Waals surface area contributed by atoms with Gasteiger partial charge in [-0.1, -0.05) is 30.3 Å². The molecule has 0 aliphatic rings. The smallest absolute Gasteiger partial charge is 0.251 e. The summed E-state index contributed by atoms with van der Waals surface area (Å²) in [5.74, 6) is -1.05. The van der Waals surface area contributed by atoms with Gasteiger partial charge in [0.25, 0.3) is 5.91 Å². The van der Waals surface area contributed by atoms with Crippen molar-refractivity contribution in [2.75, 3.05) is 17.6 Å². The molecule has 2 amide bonds. The highest BCUT2D eigenvalue weighted by Gasteiger charge is 2.11. The molecule has 6 nitrogen and oxygen atoms in total. The molecule has 0 unspecified atom stereocenters. The summed E-state index contributed by atoms with van der Waals surface area (Å²) in [5, 5.41) is 7.49. The lowest BCUT2D eigenvalue weighted by Gasteiger charge is -2.06. The maximum atomic E-state index is 13.5. The minimum atomic E-state index is -0.386. The number of halogens is 1. The number of rotatable bonds is 6. The Labute approximate surface area is 187 Å². The number of nitrogens with one attached hydrogen (secondary N) is 2. The number of hydrogen-bond acceptors (Lipinski definition) is 5. The van der Waals surface area contributed by atoms with E-state index in [1.807, 2.05) is 35.7 Å². The highest BCUT2D eigenvalue weighted by atomic mass is 32.1. The summed E-state index contributed by atoms with van der Waals surface area (Å²) in [4.78, 5) is 28.8. The van der Waals surface area contributed by atoms with Crippen LogP contribution in [0.25, 0.3) is 22.4 Å². The van der Waals surface area contributed by atoms with Crippen molar-refractivity contribution in [3.63, 3.8) is 0 Å². The number of nitrogens with two attached hydrogens (primary N) is 1. The SMILES string of the molecule is Nc1ccc(C(=O)NCC(=O)Nc2nc(-c3cccc(-c4cccc(F)c4)c3)cs2)cc1. The van der Waals surface area contributed by atoms with Gasteiger partial charge in [-0.25, -0.2) is 9.37 Å². The molecule has 0 spiro atoms. The van der Waals surface area contributed by atoms with E-state index in [0.717, 1.165) is 16.7 Å². The maximum absolute atomic E-state index is 13.5. The summed E-state index contributed by atoms with van der Waals surface area (Å²) < 4.78 is 13.5. The summed E-state index contributed by atoms with van der Waals surface area (Å²) in [5.41, 5.74) is 9.75. The first kappa shape index (κ1) is 21.2. The van der Waals surface area contributed by atoms with Gasteiger partial charge >= 0.3 is 0 Å². The number of benzene rings is 3. The summed E-state index contributed by atoms with van der Waals surface area (Å²) >= 11 is 1.28. The number of hydrogen-bond donors (Lipinski definition) is 3. The molecule has 4 rings (SSSR count). The molecule has 0 aliphatic carbocycles. The van der Waals surface area contributed by atoms with Crippen LogP contribution in [0.2, 0.25) is 0 Å². The van der Waals surface area contributed by atoms with Gasteiger partial charge < -0.3 is 16.4 Å². The highest BCUT2D eigenvalue weighted by molar-refractivity contribution is 7.14. The zero-order valence-corrected chi connectivity index (χ0v) is 17.7. The summed E-state index contributed by atoms with van der Waals surface area (Å²) in [6, 6.07) is 20.4. The van der Waals surface area contributed by atoms with Gasteiger partial charge in [-0.3, -0.25) is 9.59 Å². The molecule has 4 N–H and O–H groups in total. The average molecular weight is 447 g/mol. The topological polar surface area (TPSA) is 97.1 Å². The van der Waals surface area contributed by atoms with Crippen LogP contribution < -0.4 is 16.4 Å². The monoisotopic (exact) mass is 446 g/mol. The molecular formula is C24H19FN4O2S. The van der Waals surface area contributed by atoms with Crippen molar-refractivity contribution in [1.29, 1.82) is 0 Å². The molecule has 0 saturated heterocycles. The molecule has 4 aromatic rings. The number of aromatic nitrogens is 1. The summed E-state index contributed by atoms with van der Waals surface area (Å²) in [6.07, 6.45) is 0. The summed E-state index contributed by atoms with van der Waals surface area (Å²) in [7, 11) is 0. The number of carbonyl (C=O) groups is 2. The van der Waals surface area contributed by atoms with Crippen molar-refractivity contribution >= 4 is 34.0 Å². The molecule has 0 atom stereocenters. The van der Waals surface area contributed by atoms with Gasteiger partial charge in [-0.05, 0) is 53.6 Å². The van der Waals surface area contributed by atoms with E-state index in [2.05, 4.69) is 15.6 Å². The van der Waals surface area contributed by atoms with Crippen LogP contribution in [0.5, 0.6) is 0 Å². The van der Waals surface area contributed by atoms with E-state index in [0.29, 0.717) is 22.1 Å². The molecule has 3 aromatic carbocycles. The second kappa shape index (κ2) is 9.40. The zero-order chi connectivity index (χ0) is 22.5. The first-order valence-electron chi connectivity index (χ1n) is 9.73. The summed E-state index contributed by atoms with van der Waals surface area (Å²) in [6.45, 7) is -0.187. The number of thiazole rings is 1. The molecule has 1 heterocycles. The van der Waals surface area contributed by atoms with Crippen molar-refractivity contribution in [2.45, 2.75) is 0 Å². The van der Waals surface area contributed by atoms with Crippen molar-refractivity contribution in [3.8, 4) is 22.4 Å². The maximum Gasteiger partial charge on any atom is 0.251 e. The number of carbonyl (C=O) groups excluding carboxylic acids is 2. The van der Waals surface area contributed by atoms with E-state index in [-0.39, 0.29) is 24.2 Å². The lowest BCUT2D eigenvalue weighted by molar-refractivity contribution is -0.115. The van der Waals surface area contributed by atoms with E-state index >= 15 is 0 Å². The van der Waals surface area contributed by atoms with Gasteiger partial charge in [0, 0.05) is 22.2 Å². The molecule has 0 radical (unpaired) electrons.